The fourth-order valence-electron chi connectivity index (χ4n) is 2.26. The molecule has 108 valence electrons. The lowest BCUT2D eigenvalue weighted by molar-refractivity contribution is 0.0972. The molecule has 0 saturated heterocycles. The molecule has 19 heavy (non-hydrogen) atoms. The van der Waals surface area contributed by atoms with Gasteiger partial charge in [0.2, 0.25) is 0 Å². The van der Waals surface area contributed by atoms with Gasteiger partial charge in [0.15, 0.2) is 0 Å². The van der Waals surface area contributed by atoms with Crippen molar-refractivity contribution in [2.45, 2.75) is 45.7 Å². The average molecular weight is 264 g/mol. The van der Waals surface area contributed by atoms with Gasteiger partial charge in [-0.1, -0.05) is 26.0 Å². The van der Waals surface area contributed by atoms with Crippen LogP contribution in [0.3, 0.4) is 0 Å². The summed E-state index contributed by atoms with van der Waals surface area (Å²) in [5.74, 6) is 0.905. The van der Waals surface area contributed by atoms with Crippen molar-refractivity contribution in [1.82, 2.24) is 4.90 Å². The van der Waals surface area contributed by atoms with Crippen LogP contribution in [0.5, 0.6) is 5.75 Å². The van der Waals surface area contributed by atoms with Gasteiger partial charge in [0.25, 0.3) is 0 Å². The first-order chi connectivity index (χ1) is 9.09. The number of nitrogens with two attached hydrogens (primary N) is 1. The lowest BCUT2D eigenvalue weighted by Crippen LogP contribution is -2.51. The molecule has 0 aliphatic carbocycles. The van der Waals surface area contributed by atoms with Crippen molar-refractivity contribution in [1.29, 1.82) is 0 Å². The molecule has 0 saturated carbocycles. The highest BCUT2D eigenvalue weighted by atomic mass is 16.5. The summed E-state index contributed by atoms with van der Waals surface area (Å²) in [6, 6.07) is 8.30. The van der Waals surface area contributed by atoms with Crippen LogP contribution in [0.15, 0.2) is 24.3 Å². The third-order valence-corrected chi connectivity index (χ3v) is 3.99. The Hall–Kier alpha value is -1.06. The summed E-state index contributed by atoms with van der Waals surface area (Å²) in [6.45, 7) is 9.40. The molecule has 1 unspecified atom stereocenters. The molecule has 0 spiro atoms. The summed E-state index contributed by atoms with van der Waals surface area (Å²) in [4.78, 5) is 2.49. The quantitative estimate of drug-likeness (QED) is 0.784. The van der Waals surface area contributed by atoms with Gasteiger partial charge in [-0.05, 0) is 44.0 Å². The van der Waals surface area contributed by atoms with Crippen molar-refractivity contribution in [2.24, 2.45) is 5.73 Å². The number of nitrogens with zero attached hydrogens (tertiary/aromatic N) is 1. The molecule has 0 fully saturated rings. The van der Waals surface area contributed by atoms with E-state index < -0.39 is 0 Å². The van der Waals surface area contributed by atoms with Gasteiger partial charge in [0, 0.05) is 18.6 Å². The second-order valence-electron chi connectivity index (χ2n) is 5.32. The van der Waals surface area contributed by atoms with Gasteiger partial charge in [-0.15, -0.1) is 0 Å². The lowest BCUT2D eigenvalue weighted by atomic mass is 9.95. The van der Waals surface area contributed by atoms with Crippen molar-refractivity contribution in [3.05, 3.63) is 29.8 Å². The Morgan fingerprint density at radius 2 is 1.84 bits per heavy atom. The van der Waals surface area contributed by atoms with Gasteiger partial charge in [-0.25, -0.2) is 0 Å². The molecule has 0 aliphatic heterocycles. The Balaban J connectivity index is 2.82. The molecule has 1 aromatic rings. The van der Waals surface area contributed by atoms with Gasteiger partial charge in [0.1, 0.15) is 5.75 Å². The maximum atomic E-state index is 5.99. The van der Waals surface area contributed by atoms with Crippen LogP contribution in [0.2, 0.25) is 0 Å². The number of rotatable bonds is 8. The Bertz CT molecular complexity index is 358. The first-order valence-electron chi connectivity index (χ1n) is 7.17. The van der Waals surface area contributed by atoms with Crippen molar-refractivity contribution in [2.75, 3.05) is 20.2 Å². The highest BCUT2D eigenvalue weighted by Crippen LogP contribution is 2.22. The fraction of sp³-hybridized carbons (Fsp3) is 0.625. The Morgan fingerprint density at radius 3 is 2.26 bits per heavy atom. The minimum Gasteiger partial charge on any atom is -0.497 e. The molecule has 0 aliphatic rings. The van der Waals surface area contributed by atoms with Crippen molar-refractivity contribution in [3.8, 4) is 5.75 Å². The molecule has 1 aromatic carbocycles. The summed E-state index contributed by atoms with van der Waals surface area (Å²) >= 11 is 0. The predicted octanol–water partition coefficient (Wildman–Crippen LogP) is 3.03. The third-order valence-electron chi connectivity index (χ3n) is 3.99. The first kappa shape index (κ1) is 16.0. The molecule has 1 rings (SSSR count). The van der Waals surface area contributed by atoms with Crippen LogP contribution in [-0.2, 0) is 6.54 Å². The van der Waals surface area contributed by atoms with E-state index in [1.54, 1.807) is 7.11 Å². The van der Waals surface area contributed by atoms with E-state index >= 15 is 0 Å². The molecule has 0 aromatic heterocycles. The van der Waals surface area contributed by atoms with Crippen molar-refractivity contribution >= 4 is 0 Å². The number of hydrogen-bond acceptors (Lipinski definition) is 3. The van der Waals surface area contributed by atoms with Crippen LogP contribution in [0.1, 0.15) is 39.2 Å². The zero-order chi connectivity index (χ0) is 14.3. The minimum atomic E-state index is 0.0793. The predicted molar refractivity (Wildman–Crippen MR) is 81.4 cm³/mol. The van der Waals surface area contributed by atoms with E-state index in [-0.39, 0.29) is 5.54 Å². The van der Waals surface area contributed by atoms with Crippen LogP contribution in [0.4, 0.5) is 0 Å². The van der Waals surface area contributed by atoms with Crippen LogP contribution >= 0.6 is 0 Å². The molecule has 3 nitrogen and oxygen atoms in total. The van der Waals surface area contributed by atoms with E-state index in [1.807, 2.05) is 12.1 Å². The van der Waals surface area contributed by atoms with Gasteiger partial charge >= 0.3 is 0 Å². The number of methoxy groups -OCH3 is 1. The van der Waals surface area contributed by atoms with E-state index in [0.717, 1.165) is 31.7 Å². The maximum Gasteiger partial charge on any atom is 0.118 e. The molecule has 0 bridgehead atoms. The lowest BCUT2D eigenvalue weighted by Gasteiger charge is -2.40. The van der Waals surface area contributed by atoms with Gasteiger partial charge in [0.05, 0.1) is 7.11 Å². The van der Waals surface area contributed by atoms with E-state index in [0.29, 0.717) is 6.54 Å². The molecule has 2 N–H and O–H groups in total. The highest BCUT2D eigenvalue weighted by molar-refractivity contribution is 5.27. The topological polar surface area (TPSA) is 38.5 Å². The molecule has 0 amide bonds. The van der Waals surface area contributed by atoms with Crippen LogP contribution in [-0.4, -0.2) is 30.6 Å². The van der Waals surface area contributed by atoms with Gasteiger partial charge < -0.3 is 10.5 Å². The summed E-state index contributed by atoms with van der Waals surface area (Å²) in [7, 11) is 1.70. The SMILES string of the molecule is CCCN(Cc1ccc(OC)cc1)C(C)(CC)CN. The largest absolute Gasteiger partial charge is 0.497 e. The number of ether oxygens (including phenoxy) is 1. The van der Waals surface area contributed by atoms with E-state index in [9.17, 15) is 0 Å². The minimum absolute atomic E-state index is 0.0793. The van der Waals surface area contributed by atoms with Crippen LogP contribution in [0, 0.1) is 0 Å². The monoisotopic (exact) mass is 264 g/mol. The summed E-state index contributed by atoms with van der Waals surface area (Å²) in [6.07, 6.45) is 2.21. The summed E-state index contributed by atoms with van der Waals surface area (Å²) < 4.78 is 5.20. The Kier molecular flexibility index (Phi) is 6.32. The molecule has 3 heteroatoms. The Labute approximate surface area is 117 Å². The summed E-state index contributed by atoms with van der Waals surface area (Å²) in [5, 5.41) is 0. The molecule has 0 radical (unpaired) electrons. The van der Waals surface area contributed by atoms with Crippen LogP contribution in [0.25, 0.3) is 0 Å². The zero-order valence-corrected chi connectivity index (χ0v) is 12.8. The third kappa shape index (κ3) is 4.22. The van der Waals surface area contributed by atoms with E-state index in [1.165, 1.54) is 5.56 Å². The number of benzene rings is 1. The number of hydrogen-bond donors (Lipinski definition) is 1. The van der Waals surface area contributed by atoms with Gasteiger partial charge in [-0.3, -0.25) is 4.90 Å². The molecular weight excluding hydrogens is 236 g/mol. The zero-order valence-electron chi connectivity index (χ0n) is 12.8. The van der Waals surface area contributed by atoms with Crippen molar-refractivity contribution in [3.63, 3.8) is 0 Å². The smallest absolute Gasteiger partial charge is 0.118 e. The van der Waals surface area contributed by atoms with E-state index in [2.05, 4.69) is 37.8 Å². The standard InChI is InChI=1S/C16H28N2O/c1-5-11-18(16(3,6-2)13-17)12-14-7-9-15(19-4)10-8-14/h7-10H,5-6,11-13,17H2,1-4H3. The summed E-state index contributed by atoms with van der Waals surface area (Å²) in [5.41, 5.74) is 7.37. The fourth-order valence-corrected chi connectivity index (χ4v) is 2.26. The second-order valence-corrected chi connectivity index (χ2v) is 5.32. The second kappa shape index (κ2) is 7.51. The van der Waals surface area contributed by atoms with E-state index in [4.69, 9.17) is 10.5 Å². The maximum absolute atomic E-state index is 5.99. The average Bonchev–Trinajstić information content (AvgIpc) is 2.46. The van der Waals surface area contributed by atoms with Crippen LogP contribution < -0.4 is 10.5 Å². The normalized spacial score (nSPS) is 14.4. The first-order valence-corrected chi connectivity index (χ1v) is 7.17. The molecule has 1 atom stereocenters. The molecular formula is C16H28N2O. The Morgan fingerprint density at radius 1 is 1.21 bits per heavy atom. The van der Waals surface area contributed by atoms with Crippen molar-refractivity contribution < 1.29 is 4.74 Å². The van der Waals surface area contributed by atoms with Gasteiger partial charge in [-0.2, -0.15) is 0 Å². The highest BCUT2D eigenvalue weighted by Gasteiger charge is 2.27. The molecule has 0 heterocycles.